The molecular formula is C14H29N3. The highest BCUT2D eigenvalue weighted by molar-refractivity contribution is 4.87. The van der Waals surface area contributed by atoms with Gasteiger partial charge in [-0.15, -0.1) is 0 Å². The van der Waals surface area contributed by atoms with E-state index in [2.05, 4.69) is 36.1 Å². The average molecular weight is 239 g/mol. The number of hydrogen-bond acceptors (Lipinski definition) is 3. The zero-order valence-electron chi connectivity index (χ0n) is 11.8. The lowest BCUT2D eigenvalue weighted by molar-refractivity contribution is 0.0783. The monoisotopic (exact) mass is 239 g/mol. The van der Waals surface area contributed by atoms with Crippen LogP contribution in [0.15, 0.2) is 0 Å². The number of likely N-dealkylation sites (tertiary alicyclic amines) is 1. The van der Waals surface area contributed by atoms with Gasteiger partial charge in [0.15, 0.2) is 0 Å². The van der Waals surface area contributed by atoms with Crippen LogP contribution in [0.3, 0.4) is 0 Å². The zero-order chi connectivity index (χ0) is 12.3. The van der Waals surface area contributed by atoms with E-state index in [0.717, 1.165) is 6.04 Å². The highest BCUT2D eigenvalue weighted by Gasteiger charge is 2.31. The van der Waals surface area contributed by atoms with Crippen molar-refractivity contribution in [1.82, 2.24) is 15.1 Å². The number of rotatable bonds is 3. The second-order valence-corrected chi connectivity index (χ2v) is 6.59. The van der Waals surface area contributed by atoms with Crippen LogP contribution in [0.5, 0.6) is 0 Å². The first-order chi connectivity index (χ1) is 8.09. The van der Waals surface area contributed by atoms with Crippen molar-refractivity contribution in [3.8, 4) is 0 Å². The lowest BCUT2D eigenvalue weighted by Gasteiger charge is -2.43. The summed E-state index contributed by atoms with van der Waals surface area (Å²) in [5.41, 5.74) is 0.506. The van der Waals surface area contributed by atoms with Gasteiger partial charge in [-0.05, 0) is 58.3 Å². The molecule has 0 aromatic rings. The van der Waals surface area contributed by atoms with Gasteiger partial charge in [-0.3, -0.25) is 0 Å². The molecule has 2 unspecified atom stereocenters. The summed E-state index contributed by atoms with van der Waals surface area (Å²) >= 11 is 0. The Hall–Kier alpha value is -0.120. The van der Waals surface area contributed by atoms with Crippen LogP contribution in [-0.4, -0.2) is 62.7 Å². The van der Waals surface area contributed by atoms with Gasteiger partial charge in [-0.2, -0.15) is 0 Å². The molecule has 0 saturated carbocycles. The van der Waals surface area contributed by atoms with E-state index in [-0.39, 0.29) is 0 Å². The van der Waals surface area contributed by atoms with E-state index in [1.807, 2.05) is 0 Å². The predicted molar refractivity (Wildman–Crippen MR) is 73.4 cm³/mol. The fraction of sp³-hybridized carbons (Fsp3) is 1.00. The van der Waals surface area contributed by atoms with Crippen molar-refractivity contribution in [3.05, 3.63) is 0 Å². The number of likely N-dealkylation sites (N-methyl/N-ethyl adjacent to an activating group) is 1. The lowest BCUT2D eigenvalue weighted by atomic mass is 9.82. The highest BCUT2D eigenvalue weighted by Crippen LogP contribution is 2.28. The van der Waals surface area contributed by atoms with Gasteiger partial charge in [0.05, 0.1) is 0 Å². The Balaban J connectivity index is 1.85. The van der Waals surface area contributed by atoms with Crippen LogP contribution in [0.25, 0.3) is 0 Å². The molecule has 0 aliphatic carbocycles. The Morgan fingerprint density at radius 3 is 2.82 bits per heavy atom. The molecule has 3 nitrogen and oxygen atoms in total. The fourth-order valence-corrected chi connectivity index (χ4v) is 3.39. The largest absolute Gasteiger partial charge is 0.316 e. The summed E-state index contributed by atoms with van der Waals surface area (Å²) in [5.74, 6) is 0. The summed E-state index contributed by atoms with van der Waals surface area (Å²) in [6.45, 7) is 8.73. The normalized spacial score (nSPS) is 36.4. The Bertz CT molecular complexity index is 234. The fourth-order valence-electron chi connectivity index (χ4n) is 3.39. The van der Waals surface area contributed by atoms with Crippen molar-refractivity contribution in [2.45, 2.75) is 38.6 Å². The molecule has 2 rings (SSSR count). The first-order valence-corrected chi connectivity index (χ1v) is 7.19. The molecule has 0 radical (unpaired) electrons. The first-order valence-electron chi connectivity index (χ1n) is 7.19. The van der Waals surface area contributed by atoms with Gasteiger partial charge in [-0.1, -0.05) is 6.92 Å². The van der Waals surface area contributed by atoms with E-state index in [0.29, 0.717) is 5.41 Å². The molecular weight excluding hydrogens is 210 g/mol. The maximum absolute atomic E-state index is 3.56. The molecule has 0 amide bonds. The van der Waals surface area contributed by atoms with Gasteiger partial charge >= 0.3 is 0 Å². The van der Waals surface area contributed by atoms with Crippen molar-refractivity contribution in [2.24, 2.45) is 5.41 Å². The molecule has 2 aliphatic heterocycles. The summed E-state index contributed by atoms with van der Waals surface area (Å²) in [7, 11) is 4.44. The van der Waals surface area contributed by atoms with Gasteiger partial charge in [-0.25, -0.2) is 0 Å². The van der Waals surface area contributed by atoms with Gasteiger partial charge < -0.3 is 15.1 Å². The van der Waals surface area contributed by atoms with E-state index >= 15 is 0 Å². The van der Waals surface area contributed by atoms with Crippen molar-refractivity contribution >= 4 is 0 Å². The summed E-state index contributed by atoms with van der Waals surface area (Å²) in [6, 6.07) is 0.767. The quantitative estimate of drug-likeness (QED) is 0.803. The molecule has 17 heavy (non-hydrogen) atoms. The molecule has 0 bridgehead atoms. The van der Waals surface area contributed by atoms with E-state index in [9.17, 15) is 0 Å². The molecule has 100 valence electrons. The van der Waals surface area contributed by atoms with Crippen LogP contribution in [0.1, 0.15) is 32.6 Å². The van der Waals surface area contributed by atoms with Crippen LogP contribution in [0.4, 0.5) is 0 Å². The maximum Gasteiger partial charge on any atom is 0.0217 e. The van der Waals surface area contributed by atoms with Crippen LogP contribution >= 0.6 is 0 Å². The number of nitrogens with zero attached hydrogens (tertiary/aromatic N) is 2. The van der Waals surface area contributed by atoms with Crippen molar-refractivity contribution in [3.63, 3.8) is 0 Å². The van der Waals surface area contributed by atoms with Crippen molar-refractivity contribution in [1.29, 1.82) is 0 Å². The Morgan fingerprint density at radius 1 is 1.35 bits per heavy atom. The van der Waals surface area contributed by atoms with E-state index in [1.165, 1.54) is 58.4 Å². The van der Waals surface area contributed by atoms with E-state index in [4.69, 9.17) is 0 Å². The third kappa shape index (κ3) is 3.67. The molecule has 1 N–H and O–H groups in total. The van der Waals surface area contributed by atoms with Crippen LogP contribution in [-0.2, 0) is 0 Å². The van der Waals surface area contributed by atoms with Crippen LogP contribution < -0.4 is 5.32 Å². The molecule has 0 aromatic carbocycles. The zero-order valence-corrected chi connectivity index (χ0v) is 11.8. The number of piperidine rings is 2. The summed E-state index contributed by atoms with van der Waals surface area (Å²) in [4.78, 5) is 5.09. The summed E-state index contributed by atoms with van der Waals surface area (Å²) in [5, 5.41) is 3.56. The first kappa shape index (κ1) is 13.3. The van der Waals surface area contributed by atoms with Crippen molar-refractivity contribution in [2.75, 3.05) is 46.8 Å². The van der Waals surface area contributed by atoms with Crippen LogP contribution in [0.2, 0.25) is 0 Å². The molecule has 3 heteroatoms. The molecule has 2 saturated heterocycles. The number of hydrogen-bond donors (Lipinski definition) is 1. The Morgan fingerprint density at radius 2 is 2.18 bits per heavy atom. The Kier molecular flexibility index (Phi) is 4.45. The molecule has 2 fully saturated rings. The van der Waals surface area contributed by atoms with Gasteiger partial charge in [0, 0.05) is 25.7 Å². The minimum absolute atomic E-state index is 0.506. The molecule has 2 atom stereocenters. The van der Waals surface area contributed by atoms with Gasteiger partial charge in [0.25, 0.3) is 0 Å². The van der Waals surface area contributed by atoms with Crippen LogP contribution in [0, 0.1) is 5.41 Å². The number of nitrogens with one attached hydrogen (secondary N) is 1. The Labute approximate surface area is 107 Å². The molecule has 0 aromatic heterocycles. The standard InChI is InChI=1S/C14H29N3/c1-14(7-5-8-15-11-14)12-17-9-4-6-13(10-17)16(2)3/h13,15H,4-12H2,1-3H3. The van der Waals surface area contributed by atoms with E-state index < -0.39 is 0 Å². The highest BCUT2D eigenvalue weighted by atomic mass is 15.2. The minimum atomic E-state index is 0.506. The predicted octanol–water partition coefficient (Wildman–Crippen LogP) is 1.40. The SMILES string of the molecule is CN(C)C1CCCN(CC2(C)CCCNC2)C1. The smallest absolute Gasteiger partial charge is 0.0217 e. The van der Waals surface area contributed by atoms with E-state index in [1.54, 1.807) is 0 Å². The third-order valence-corrected chi connectivity index (χ3v) is 4.50. The van der Waals surface area contributed by atoms with Gasteiger partial charge in [0.2, 0.25) is 0 Å². The topological polar surface area (TPSA) is 18.5 Å². The van der Waals surface area contributed by atoms with Gasteiger partial charge in [0.1, 0.15) is 0 Å². The summed E-state index contributed by atoms with van der Waals surface area (Å²) in [6.07, 6.45) is 5.48. The average Bonchev–Trinajstić information content (AvgIpc) is 2.29. The second kappa shape index (κ2) is 5.68. The summed E-state index contributed by atoms with van der Waals surface area (Å²) < 4.78 is 0. The van der Waals surface area contributed by atoms with Crippen molar-refractivity contribution < 1.29 is 0 Å². The second-order valence-electron chi connectivity index (χ2n) is 6.59. The molecule has 0 spiro atoms. The maximum atomic E-state index is 3.56. The minimum Gasteiger partial charge on any atom is -0.316 e. The third-order valence-electron chi connectivity index (χ3n) is 4.50. The molecule has 2 heterocycles. The molecule has 2 aliphatic rings. The lowest BCUT2D eigenvalue weighted by Crippen LogP contribution is -2.51.